The molecule has 2 N–H and O–H groups in total. The van der Waals surface area contributed by atoms with Gasteiger partial charge in [0.15, 0.2) is 0 Å². The van der Waals surface area contributed by atoms with Crippen LogP contribution in [0.4, 0.5) is 5.69 Å². The minimum absolute atomic E-state index is 0.0162. The Kier molecular flexibility index (Phi) is 8.46. The molecular formula is C26H33N3O4. The Balaban J connectivity index is 1.55. The van der Waals surface area contributed by atoms with E-state index in [4.69, 9.17) is 4.74 Å². The normalized spacial score (nSPS) is 15.1. The van der Waals surface area contributed by atoms with Crippen LogP contribution >= 0.6 is 0 Å². The van der Waals surface area contributed by atoms with Gasteiger partial charge in [-0.1, -0.05) is 32.0 Å². The van der Waals surface area contributed by atoms with Crippen LogP contribution in [0.5, 0.6) is 5.75 Å². The Morgan fingerprint density at radius 1 is 1.00 bits per heavy atom. The lowest BCUT2D eigenvalue weighted by Gasteiger charge is -2.35. The molecule has 2 aromatic rings. The number of likely N-dealkylation sites (tertiary alicyclic amines) is 1. The van der Waals surface area contributed by atoms with Crippen molar-refractivity contribution in [3.8, 4) is 5.75 Å². The van der Waals surface area contributed by atoms with Gasteiger partial charge in [-0.2, -0.15) is 0 Å². The van der Waals surface area contributed by atoms with Crippen LogP contribution in [0.3, 0.4) is 0 Å². The van der Waals surface area contributed by atoms with Crippen molar-refractivity contribution in [2.75, 3.05) is 25.0 Å². The van der Waals surface area contributed by atoms with E-state index >= 15 is 0 Å². The van der Waals surface area contributed by atoms with Gasteiger partial charge in [-0.25, -0.2) is 0 Å². The number of nitrogens with one attached hydrogen (secondary N) is 2. The molecule has 0 bridgehead atoms. The van der Waals surface area contributed by atoms with Crippen molar-refractivity contribution >= 4 is 23.4 Å². The molecule has 1 saturated heterocycles. The lowest BCUT2D eigenvalue weighted by Crippen LogP contribution is -2.53. The van der Waals surface area contributed by atoms with Gasteiger partial charge in [0.2, 0.25) is 11.8 Å². The second kappa shape index (κ2) is 11.5. The highest BCUT2D eigenvalue weighted by Crippen LogP contribution is 2.21. The number of carbonyl (C=O) groups is 3. The Hall–Kier alpha value is -3.35. The van der Waals surface area contributed by atoms with Gasteiger partial charge in [0.1, 0.15) is 11.8 Å². The molecule has 0 saturated carbocycles. The minimum Gasteiger partial charge on any atom is -0.494 e. The van der Waals surface area contributed by atoms with Crippen LogP contribution in [0.2, 0.25) is 0 Å². The van der Waals surface area contributed by atoms with Gasteiger partial charge in [-0.05, 0) is 62.1 Å². The average Bonchev–Trinajstić information content (AvgIpc) is 2.83. The van der Waals surface area contributed by atoms with Crippen LogP contribution in [0.25, 0.3) is 0 Å². The van der Waals surface area contributed by atoms with E-state index in [-0.39, 0.29) is 29.6 Å². The fourth-order valence-corrected chi connectivity index (χ4v) is 3.93. The molecule has 3 amide bonds. The van der Waals surface area contributed by atoms with Crippen molar-refractivity contribution in [3.63, 3.8) is 0 Å². The molecule has 1 aliphatic heterocycles. The Labute approximate surface area is 195 Å². The van der Waals surface area contributed by atoms with Crippen LogP contribution in [-0.4, -0.2) is 48.4 Å². The number of rotatable bonds is 8. The van der Waals surface area contributed by atoms with Crippen LogP contribution in [0.1, 0.15) is 44.0 Å². The highest BCUT2D eigenvalue weighted by atomic mass is 16.5. The maximum Gasteiger partial charge on any atom is 0.251 e. The number of para-hydroxylation sites is 1. The summed E-state index contributed by atoms with van der Waals surface area (Å²) >= 11 is 0. The van der Waals surface area contributed by atoms with Crippen LogP contribution < -0.4 is 15.4 Å². The van der Waals surface area contributed by atoms with Crippen molar-refractivity contribution in [2.45, 2.75) is 39.7 Å². The summed E-state index contributed by atoms with van der Waals surface area (Å²) in [5.74, 6) is 0.0871. The van der Waals surface area contributed by atoms with E-state index in [0.29, 0.717) is 43.9 Å². The monoisotopic (exact) mass is 451 g/mol. The number of ether oxygens (including phenoxy) is 1. The smallest absolute Gasteiger partial charge is 0.251 e. The number of hydrogen-bond acceptors (Lipinski definition) is 4. The summed E-state index contributed by atoms with van der Waals surface area (Å²) in [4.78, 5) is 40.3. The molecule has 33 heavy (non-hydrogen) atoms. The maximum absolute atomic E-state index is 13.2. The first kappa shape index (κ1) is 24.3. The zero-order valence-electron chi connectivity index (χ0n) is 19.5. The second-order valence-electron chi connectivity index (χ2n) is 8.61. The van der Waals surface area contributed by atoms with Crippen molar-refractivity contribution in [1.82, 2.24) is 10.2 Å². The number of amides is 3. The van der Waals surface area contributed by atoms with Gasteiger partial charge in [-0.3, -0.25) is 14.4 Å². The number of nitrogens with zero attached hydrogens (tertiary/aromatic N) is 1. The molecule has 1 aliphatic rings. The first-order chi connectivity index (χ1) is 15.9. The summed E-state index contributed by atoms with van der Waals surface area (Å²) in [6.45, 7) is 7.28. The molecule has 0 aromatic heterocycles. The number of piperidine rings is 1. The molecule has 2 aromatic carbocycles. The standard InChI is InChI=1S/C26H33N3O4/c1-4-33-22-12-10-19(11-13-22)25(31)28-23(18(2)3)26(32)29-16-14-20(15-17-29)24(30)27-21-8-6-5-7-9-21/h5-13,18,20,23H,4,14-17H2,1-3H3,(H,27,30)(H,28,31)/t23-/m0/s1. The predicted octanol–water partition coefficient (Wildman–Crippen LogP) is 3.72. The van der Waals surface area contributed by atoms with Crippen molar-refractivity contribution in [1.29, 1.82) is 0 Å². The molecule has 1 atom stereocenters. The van der Waals surface area contributed by atoms with Gasteiger partial charge in [0, 0.05) is 30.3 Å². The van der Waals surface area contributed by atoms with E-state index in [1.807, 2.05) is 51.1 Å². The van der Waals surface area contributed by atoms with E-state index in [2.05, 4.69) is 10.6 Å². The molecule has 1 heterocycles. The third-order valence-corrected chi connectivity index (χ3v) is 5.87. The molecule has 0 spiro atoms. The highest BCUT2D eigenvalue weighted by Gasteiger charge is 2.33. The SMILES string of the molecule is CCOc1ccc(C(=O)N[C@H](C(=O)N2CCC(C(=O)Nc3ccccc3)CC2)C(C)C)cc1. The Bertz CT molecular complexity index is 936. The van der Waals surface area contributed by atoms with E-state index in [0.717, 1.165) is 5.69 Å². The summed E-state index contributed by atoms with van der Waals surface area (Å²) in [5, 5.41) is 5.84. The summed E-state index contributed by atoms with van der Waals surface area (Å²) < 4.78 is 5.42. The zero-order chi connectivity index (χ0) is 23.8. The van der Waals surface area contributed by atoms with Crippen molar-refractivity contribution in [3.05, 3.63) is 60.2 Å². The summed E-state index contributed by atoms with van der Waals surface area (Å²) in [6, 6.07) is 15.6. The van der Waals surface area contributed by atoms with Gasteiger partial charge in [0.05, 0.1) is 6.61 Å². The lowest BCUT2D eigenvalue weighted by molar-refractivity contribution is -0.137. The molecule has 1 fully saturated rings. The van der Waals surface area contributed by atoms with Gasteiger partial charge < -0.3 is 20.3 Å². The molecule has 0 unspecified atom stereocenters. The minimum atomic E-state index is -0.626. The third-order valence-electron chi connectivity index (χ3n) is 5.87. The molecular weight excluding hydrogens is 418 g/mol. The van der Waals surface area contributed by atoms with E-state index in [9.17, 15) is 14.4 Å². The van der Waals surface area contributed by atoms with Crippen molar-refractivity contribution in [2.24, 2.45) is 11.8 Å². The largest absolute Gasteiger partial charge is 0.494 e. The van der Waals surface area contributed by atoms with E-state index in [1.54, 1.807) is 29.2 Å². The first-order valence-corrected chi connectivity index (χ1v) is 11.6. The number of benzene rings is 2. The average molecular weight is 452 g/mol. The van der Waals surface area contributed by atoms with Crippen LogP contribution in [0, 0.1) is 11.8 Å². The second-order valence-corrected chi connectivity index (χ2v) is 8.61. The van der Waals surface area contributed by atoms with Gasteiger partial charge in [0.25, 0.3) is 5.91 Å². The Morgan fingerprint density at radius 3 is 2.21 bits per heavy atom. The fourth-order valence-electron chi connectivity index (χ4n) is 3.93. The zero-order valence-corrected chi connectivity index (χ0v) is 19.5. The molecule has 0 radical (unpaired) electrons. The molecule has 0 aliphatic carbocycles. The summed E-state index contributed by atoms with van der Waals surface area (Å²) in [6.07, 6.45) is 1.20. The molecule has 7 nitrogen and oxygen atoms in total. The summed E-state index contributed by atoms with van der Waals surface area (Å²) in [5.41, 5.74) is 1.26. The third kappa shape index (κ3) is 6.57. The van der Waals surface area contributed by atoms with Crippen LogP contribution in [0.15, 0.2) is 54.6 Å². The Morgan fingerprint density at radius 2 is 1.64 bits per heavy atom. The number of carbonyl (C=O) groups excluding carboxylic acids is 3. The number of hydrogen-bond donors (Lipinski definition) is 2. The quantitative estimate of drug-likeness (QED) is 0.640. The molecule has 176 valence electrons. The molecule has 3 rings (SSSR count). The van der Waals surface area contributed by atoms with E-state index in [1.165, 1.54) is 0 Å². The van der Waals surface area contributed by atoms with Gasteiger partial charge in [-0.15, -0.1) is 0 Å². The van der Waals surface area contributed by atoms with Gasteiger partial charge >= 0.3 is 0 Å². The van der Waals surface area contributed by atoms with Crippen molar-refractivity contribution < 1.29 is 19.1 Å². The maximum atomic E-state index is 13.2. The van der Waals surface area contributed by atoms with E-state index < -0.39 is 6.04 Å². The number of anilines is 1. The van der Waals surface area contributed by atoms with Crippen LogP contribution in [-0.2, 0) is 9.59 Å². The molecule has 7 heteroatoms. The summed E-state index contributed by atoms with van der Waals surface area (Å²) in [7, 11) is 0. The highest BCUT2D eigenvalue weighted by molar-refractivity contribution is 5.98. The lowest BCUT2D eigenvalue weighted by atomic mass is 9.94. The first-order valence-electron chi connectivity index (χ1n) is 11.6. The predicted molar refractivity (Wildman–Crippen MR) is 128 cm³/mol. The fraction of sp³-hybridized carbons (Fsp3) is 0.423. The topological polar surface area (TPSA) is 87.7 Å².